The molecule has 0 saturated carbocycles. The van der Waals surface area contributed by atoms with Gasteiger partial charge in [0.25, 0.3) is 0 Å². The van der Waals surface area contributed by atoms with Crippen molar-refractivity contribution in [2.24, 2.45) is 0 Å². The summed E-state index contributed by atoms with van der Waals surface area (Å²) in [5.41, 5.74) is 1.03. The molecule has 1 heterocycles. The zero-order valence-corrected chi connectivity index (χ0v) is 22.4. The molecule has 2 aromatic rings. The summed E-state index contributed by atoms with van der Waals surface area (Å²) in [6, 6.07) is 5.90. The summed E-state index contributed by atoms with van der Waals surface area (Å²) in [4.78, 5) is 24.3. The van der Waals surface area contributed by atoms with Gasteiger partial charge in [-0.15, -0.1) is 10.2 Å². The first-order valence-electron chi connectivity index (χ1n) is 11.7. The third-order valence-electron chi connectivity index (χ3n) is 5.05. The average molecular weight is 543 g/mol. The summed E-state index contributed by atoms with van der Waals surface area (Å²) in [7, 11) is 5.08. The lowest BCUT2D eigenvalue weighted by Crippen LogP contribution is -2.38. The largest absolute Gasteiger partial charge is 0.433 e. The van der Waals surface area contributed by atoms with Crippen molar-refractivity contribution in [3.05, 3.63) is 46.6 Å². The number of hydrogen-bond donors (Lipinski definition) is 2. The van der Waals surface area contributed by atoms with Gasteiger partial charge in [-0.25, -0.2) is 9.40 Å². The van der Waals surface area contributed by atoms with E-state index >= 15 is 0 Å². The fourth-order valence-corrected chi connectivity index (χ4v) is 4.01. The molecule has 9 nitrogen and oxygen atoms in total. The van der Waals surface area contributed by atoms with Crippen LogP contribution in [-0.2, 0) is 22.4 Å². The third kappa shape index (κ3) is 10.8. The molecular formula is C24H33F3N6O3S. The maximum absolute atomic E-state index is 14.8. The third-order valence-corrected chi connectivity index (χ3v) is 5.95. The molecule has 204 valence electrons. The summed E-state index contributed by atoms with van der Waals surface area (Å²) in [5, 5.41) is 17.3. The topological polar surface area (TPSA) is 99.7 Å². The minimum Gasteiger partial charge on any atom is -0.433 e. The number of anilines is 1. The molecule has 0 radical (unpaired) electrons. The van der Waals surface area contributed by atoms with Crippen molar-refractivity contribution in [1.29, 1.82) is 0 Å². The van der Waals surface area contributed by atoms with E-state index in [1.165, 1.54) is 18.2 Å². The number of hydrazine groups is 1. The van der Waals surface area contributed by atoms with Gasteiger partial charge in [0.05, 0.1) is 13.0 Å². The first-order valence-corrected chi connectivity index (χ1v) is 12.5. The van der Waals surface area contributed by atoms with E-state index in [1.807, 2.05) is 6.92 Å². The monoisotopic (exact) mass is 542 g/mol. The number of benzene rings is 1. The highest BCUT2D eigenvalue weighted by molar-refractivity contribution is 7.15. The Balaban J connectivity index is 1.88. The van der Waals surface area contributed by atoms with E-state index in [1.54, 1.807) is 43.4 Å². The lowest BCUT2D eigenvalue weighted by molar-refractivity contribution is -0.159. The number of carbonyl (C=O) groups is 2. The Kier molecular flexibility index (Phi) is 11.3. The van der Waals surface area contributed by atoms with E-state index in [2.05, 4.69) is 25.6 Å². The van der Waals surface area contributed by atoms with Crippen molar-refractivity contribution in [3.8, 4) is 5.75 Å². The second kappa shape index (κ2) is 13.9. The van der Waals surface area contributed by atoms with Gasteiger partial charge in [-0.2, -0.15) is 8.78 Å². The predicted octanol–water partition coefficient (Wildman–Crippen LogP) is 3.80. The minimum atomic E-state index is -3.33. The number of aromatic nitrogens is 2. The minimum absolute atomic E-state index is 0.0420. The molecule has 0 aliphatic heterocycles. The molecule has 0 fully saturated rings. The van der Waals surface area contributed by atoms with Gasteiger partial charge in [-0.3, -0.25) is 9.59 Å². The van der Waals surface area contributed by atoms with Crippen molar-refractivity contribution in [2.45, 2.75) is 51.8 Å². The summed E-state index contributed by atoms with van der Waals surface area (Å²) >= 11 is 1.14. The standard InChI is InChI=1S/C24H33F3N6O3S/c1-6-17(22(35)28-3)14-33(32(4)5)15-18(25)10-11-21-30-31-23(37-21)29-20(34)13-16-8-7-9-19(12-16)36-24(2,26)27/h7-9,12,14,18H,6,10-11,13,15H2,1-5H3,(H,28,35)(H,29,31,34)/b17-14+. The van der Waals surface area contributed by atoms with Crippen LogP contribution in [0.2, 0.25) is 0 Å². The van der Waals surface area contributed by atoms with Crippen molar-refractivity contribution >= 4 is 28.3 Å². The summed E-state index contributed by atoms with van der Waals surface area (Å²) in [6.07, 6.45) is -1.95. The Morgan fingerprint density at radius 3 is 2.62 bits per heavy atom. The quantitative estimate of drug-likeness (QED) is 0.277. The number of nitrogens with one attached hydrogen (secondary N) is 2. The van der Waals surface area contributed by atoms with Gasteiger partial charge in [-0.1, -0.05) is 30.4 Å². The van der Waals surface area contributed by atoms with E-state index in [9.17, 15) is 22.8 Å². The highest BCUT2D eigenvalue weighted by Gasteiger charge is 2.23. The fourth-order valence-electron chi connectivity index (χ4n) is 3.24. The second-order valence-corrected chi connectivity index (χ2v) is 9.54. The molecule has 0 aliphatic carbocycles. The van der Waals surface area contributed by atoms with Gasteiger partial charge in [0.2, 0.25) is 16.9 Å². The first-order chi connectivity index (χ1) is 17.4. The lowest BCUT2D eigenvalue weighted by atomic mass is 10.1. The summed E-state index contributed by atoms with van der Waals surface area (Å²) < 4.78 is 45.4. The molecule has 13 heteroatoms. The van der Waals surface area contributed by atoms with Crippen LogP contribution in [0.15, 0.2) is 36.0 Å². The Morgan fingerprint density at radius 2 is 2.00 bits per heavy atom. The Morgan fingerprint density at radius 1 is 1.27 bits per heavy atom. The normalized spacial score (nSPS) is 12.8. The zero-order valence-electron chi connectivity index (χ0n) is 21.6. The van der Waals surface area contributed by atoms with Crippen molar-refractivity contribution in [3.63, 3.8) is 0 Å². The molecule has 0 aliphatic rings. The number of ether oxygens (including phenoxy) is 1. The molecule has 1 aromatic heterocycles. The van der Waals surface area contributed by atoms with Gasteiger partial charge in [0.15, 0.2) is 0 Å². The van der Waals surface area contributed by atoms with Gasteiger partial charge in [0.1, 0.15) is 16.9 Å². The van der Waals surface area contributed by atoms with E-state index in [-0.39, 0.29) is 36.2 Å². The molecule has 1 atom stereocenters. The molecule has 37 heavy (non-hydrogen) atoms. The second-order valence-electron chi connectivity index (χ2n) is 8.48. The highest BCUT2D eigenvalue weighted by atomic mass is 32.1. The number of hydrogen-bond acceptors (Lipinski definition) is 8. The van der Waals surface area contributed by atoms with Gasteiger partial charge < -0.3 is 20.4 Å². The molecule has 0 bridgehead atoms. The van der Waals surface area contributed by atoms with Crippen LogP contribution in [0.4, 0.5) is 18.3 Å². The smallest absolute Gasteiger partial charge is 0.394 e. The molecule has 0 saturated heterocycles. The molecule has 1 aromatic carbocycles. The molecule has 0 spiro atoms. The predicted molar refractivity (Wildman–Crippen MR) is 136 cm³/mol. The zero-order chi connectivity index (χ0) is 27.6. The van der Waals surface area contributed by atoms with Crippen LogP contribution in [-0.4, -0.2) is 72.0 Å². The van der Waals surface area contributed by atoms with E-state index in [4.69, 9.17) is 0 Å². The summed E-state index contributed by atoms with van der Waals surface area (Å²) in [6.45, 7) is 2.55. The van der Waals surface area contributed by atoms with Crippen molar-refractivity contribution < 1.29 is 27.5 Å². The number of nitrogens with zero attached hydrogens (tertiary/aromatic N) is 4. The number of aryl methyl sites for hydroxylation is 1. The van der Waals surface area contributed by atoms with Crippen LogP contribution in [0.3, 0.4) is 0 Å². The van der Waals surface area contributed by atoms with E-state index < -0.39 is 18.2 Å². The average Bonchev–Trinajstić information content (AvgIpc) is 3.25. The molecular weight excluding hydrogens is 509 g/mol. The van der Waals surface area contributed by atoms with Gasteiger partial charge in [-0.05, 0) is 30.5 Å². The Hall–Kier alpha value is -3.19. The molecule has 1 unspecified atom stereocenters. The van der Waals surface area contributed by atoms with Crippen LogP contribution >= 0.6 is 11.3 Å². The number of amides is 2. The Labute approximate surface area is 218 Å². The number of alkyl halides is 3. The SMILES string of the molecule is CC/C(=C\N(CC(F)CCc1nnc(NC(=O)Cc2cccc(OC(C)(F)F)c2)s1)N(C)C)C(=O)NC. The number of rotatable bonds is 14. The van der Waals surface area contributed by atoms with Gasteiger partial charge in [0, 0.05) is 46.3 Å². The van der Waals surface area contributed by atoms with E-state index in [0.717, 1.165) is 11.3 Å². The Bertz CT molecular complexity index is 1070. The van der Waals surface area contributed by atoms with Crippen molar-refractivity contribution in [1.82, 2.24) is 25.5 Å². The maximum atomic E-state index is 14.8. The molecule has 2 rings (SSSR count). The highest BCUT2D eigenvalue weighted by Crippen LogP contribution is 2.23. The van der Waals surface area contributed by atoms with Crippen LogP contribution in [0.25, 0.3) is 0 Å². The molecule has 2 amide bonds. The van der Waals surface area contributed by atoms with Crippen LogP contribution < -0.4 is 15.4 Å². The number of likely N-dealkylation sites (N-methyl/N-ethyl adjacent to an activating group) is 1. The summed E-state index contributed by atoms with van der Waals surface area (Å²) in [5.74, 6) is -0.654. The van der Waals surface area contributed by atoms with Crippen LogP contribution in [0, 0.1) is 0 Å². The lowest BCUT2D eigenvalue weighted by Gasteiger charge is -2.29. The maximum Gasteiger partial charge on any atom is 0.394 e. The number of carbonyl (C=O) groups excluding carboxylic acids is 2. The van der Waals surface area contributed by atoms with Crippen LogP contribution in [0.5, 0.6) is 5.75 Å². The first kappa shape index (κ1) is 30.0. The molecule has 2 N–H and O–H groups in total. The van der Waals surface area contributed by atoms with Crippen LogP contribution in [0.1, 0.15) is 37.3 Å². The van der Waals surface area contributed by atoms with Gasteiger partial charge >= 0.3 is 6.11 Å². The fraction of sp³-hybridized carbons (Fsp3) is 0.500. The van der Waals surface area contributed by atoms with Crippen molar-refractivity contribution in [2.75, 3.05) is 33.0 Å². The van der Waals surface area contributed by atoms with E-state index in [0.29, 0.717) is 35.9 Å². The number of halogens is 3.